The van der Waals surface area contributed by atoms with E-state index in [9.17, 15) is 9.59 Å². The number of hydrogen-bond acceptors (Lipinski definition) is 5. The van der Waals surface area contributed by atoms with Crippen molar-refractivity contribution in [3.8, 4) is 0 Å². The van der Waals surface area contributed by atoms with Crippen molar-refractivity contribution in [1.82, 2.24) is 4.90 Å². The standard InChI is InChI=1S/C18H22ClNO4/c1-11-6-15-13(8-14(11)19)12(7-16(21)23-15)9-20(5)10-17(22)24-18(2,3)4/h6-8H,9-10H2,1-5H3. The third-order valence-electron chi connectivity index (χ3n) is 3.37. The number of hydrogen-bond donors (Lipinski definition) is 0. The fourth-order valence-electron chi connectivity index (χ4n) is 2.42. The van der Waals surface area contributed by atoms with Gasteiger partial charge in [-0.1, -0.05) is 11.6 Å². The van der Waals surface area contributed by atoms with E-state index in [0.29, 0.717) is 17.2 Å². The SMILES string of the molecule is Cc1cc2oc(=O)cc(CN(C)CC(=O)OC(C)(C)C)c2cc1Cl. The highest BCUT2D eigenvalue weighted by Crippen LogP contribution is 2.25. The molecule has 0 bridgehead atoms. The molecule has 1 aromatic heterocycles. The average molecular weight is 352 g/mol. The van der Waals surface area contributed by atoms with Gasteiger partial charge in [-0.25, -0.2) is 4.79 Å². The van der Waals surface area contributed by atoms with Crippen LogP contribution in [0.3, 0.4) is 0 Å². The van der Waals surface area contributed by atoms with Crippen LogP contribution in [0.25, 0.3) is 11.0 Å². The normalized spacial score (nSPS) is 12.0. The topological polar surface area (TPSA) is 59.8 Å². The predicted molar refractivity (Wildman–Crippen MR) is 94.4 cm³/mol. The van der Waals surface area contributed by atoms with Gasteiger partial charge >= 0.3 is 11.6 Å². The number of halogens is 1. The quantitative estimate of drug-likeness (QED) is 0.623. The van der Waals surface area contributed by atoms with Crippen molar-refractivity contribution in [2.45, 2.75) is 39.8 Å². The molecule has 0 radical (unpaired) electrons. The lowest BCUT2D eigenvalue weighted by Crippen LogP contribution is -2.32. The van der Waals surface area contributed by atoms with Crippen LogP contribution in [0.2, 0.25) is 5.02 Å². The molecule has 0 fully saturated rings. The highest BCUT2D eigenvalue weighted by atomic mass is 35.5. The molecule has 5 nitrogen and oxygen atoms in total. The third-order valence-corrected chi connectivity index (χ3v) is 3.78. The minimum absolute atomic E-state index is 0.124. The number of benzene rings is 1. The largest absolute Gasteiger partial charge is 0.459 e. The summed E-state index contributed by atoms with van der Waals surface area (Å²) in [7, 11) is 1.79. The summed E-state index contributed by atoms with van der Waals surface area (Å²) in [5.41, 5.74) is 1.14. The number of aryl methyl sites for hydroxylation is 1. The molecule has 0 unspecified atom stereocenters. The van der Waals surface area contributed by atoms with Crippen molar-refractivity contribution in [2.75, 3.05) is 13.6 Å². The Hall–Kier alpha value is -1.85. The van der Waals surface area contributed by atoms with Gasteiger partial charge in [0.15, 0.2) is 0 Å². The molecule has 0 aliphatic carbocycles. The first-order chi connectivity index (χ1) is 11.0. The van der Waals surface area contributed by atoms with Crippen LogP contribution >= 0.6 is 11.6 Å². The summed E-state index contributed by atoms with van der Waals surface area (Å²) in [6.07, 6.45) is 0. The maximum absolute atomic E-state index is 11.9. The summed E-state index contributed by atoms with van der Waals surface area (Å²) in [4.78, 5) is 25.5. The fourth-order valence-corrected chi connectivity index (χ4v) is 2.58. The maximum Gasteiger partial charge on any atom is 0.336 e. The van der Waals surface area contributed by atoms with E-state index in [0.717, 1.165) is 16.5 Å². The van der Waals surface area contributed by atoms with Crippen LogP contribution < -0.4 is 5.63 Å². The molecule has 0 atom stereocenters. The summed E-state index contributed by atoms with van der Waals surface area (Å²) < 4.78 is 10.6. The molecule has 2 rings (SSSR count). The van der Waals surface area contributed by atoms with Crippen LogP contribution in [0.4, 0.5) is 0 Å². The van der Waals surface area contributed by atoms with Gasteiger partial charge in [0, 0.05) is 23.0 Å². The van der Waals surface area contributed by atoms with Crippen molar-refractivity contribution >= 4 is 28.5 Å². The number of nitrogens with zero attached hydrogens (tertiary/aromatic N) is 1. The van der Waals surface area contributed by atoms with Gasteiger partial charge in [-0.15, -0.1) is 0 Å². The molecule has 6 heteroatoms. The molecule has 130 valence electrons. The number of carbonyl (C=O) groups excluding carboxylic acids is 1. The van der Waals surface area contributed by atoms with Crippen LogP contribution in [-0.2, 0) is 16.1 Å². The van der Waals surface area contributed by atoms with Crippen LogP contribution in [0.1, 0.15) is 31.9 Å². The first-order valence-electron chi connectivity index (χ1n) is 7.68. The van der Waals surface area contributed by atoms with Gasteiger partial charge in [-0.3, -0.25) is 9.69 Å². The number of ether oxygens (including phenoxy) is 1. The lowest BCUT2D eigenvalue weighted by Gasteiger charge is -2.22. The fraction of sp³-hybridized carbons (Fsp3) is 0.444. The molecule has 1 aromatic carbocycles. The van der Waals surface area contributed by atoms with E-state index in [1.54, 1.807) is 24.1 Å². The van der Waals surface area contributed by atoms with Gasteiger partial charge in [0.2, 0.25) is 0 Å². The molecule has 2 aromatic rings. The molecule has 1 heterocycles. The minimum Gasteiger partial charge on any atom is -0.459 e. The Labute approximate surface area is 146 Å². The first kappa shape index (κ1) is 18.5. The van der Waals surface area contributed by atoms with Crippen molar-refractivity contribution in [1.29, 1.82) is 0 Å². The first-order valence-corrected chi connectivity index (χ1v) is 8.06. The molecule has 0 N–H and O–H groups in total. The molecule has 0 aliphatic rings. The van der Waals surface area contributed by atoms with Crippen molar-refractivity contribution in [3.05, 3.63) is 44.8 Å². The number of fused-ring (bicyclic) bond motifs is 1. The molecule has 0 amide bonds. The molecule has 24 heavy (non-hydrogen) atoms. The highest BCUT2D eigenvalue weighted by molar-refractivity contribution is 6.32. The molecular weight excluding hydrogens is 330 g/mol. The second-order valence-electron chi connectivity index (χ2n) is 6.95. The van der Waals surface area contributed by atoms with Crippen molar-refractivity contribution < 1.29 is 13.9 Å². The molecule has 0 saturated carbocycles. The number of esters is 1. The summed E-state index contributed by atoms with van der Waals surface area (Å²) in [5.74, 6) is -0.314. The average Bonchev–Trinajstić information content (AvgIpc) is 2.38. The summed E-state index contributed by atoms with van der Waals surface area (Å²) >= 11 is 6.19. The number of carbonyl (C=O) groups is 1. The van der Waals surface area contributed by atoms with Crippen LogP contribution in [0.5, 0.6) is 0 Å². The van der Waals surface area contributed by atoms with Gasteiger partial charge in [0.25, 0.3) is 0 Å². The van der Waals surface area contributed by atoms with E-state index in [1.165, 1.54) is 6.07 Å². The zero-order valence-electron chi connectivity index (χ0n) is 14.6. The minimum atomic E-state index is -0.524. The Morgan fingerprint density at radius 3 is 2.58 bits per heavy atom. The smallest absolute Gasteiger partial charge is 0.336 e. The second kappa shape index (κ2) is 6.95. The van der Waals surface area contributed by atoms with E-state index in [-0.39, 0.29) is 12.5 Å². The van der Waals surface area contributed by atoms with Gasteiger partial charge in [-0.05, 0) is 58.0 Å². The zero-order valence-corrected chi connectivity index (χ0v) is 15.4. The number of likely N-dealkylation sites (N-methyl/N-ethyl adjacent to an activating group) is 1. The van der Waals surface area contributed by atoms with E-state index in [2.05, 4.69) is 0 Å². The van der Waals surface area contributed by atoms with E-state index >= 15 is 0 Å². The molecular formula is C18H22ClNO4. The Balaban J connectivity index is 2.24. The van der Waals surface area contributed by atoms with E-state index in [4.69, 9.17) is 20.8 Å². The second-order valence-corrected chi connectivity index (χ2v) is 7.35. The lowest BCUT2D eigenvalue weighted by atomic mass is 10.1. The highest BCUT2D eigenvalue weighted by Gasteiger charge is 2.18. The maximum atomic E-state index is 11.9. The van der Waals surface area contributed by atoms with E-state index in [1.807, 2.05) is 27.7 Å². The summed E-state index contributed by atoms with van der Waals surface area (Å²) in [6.45, 7) is 7.85. The van der Waals surface area contributed by atoms with Crippen molar-refractivity contribution in [2.24, 2.45) is 0 Å². The summed E-state index contributed by atoms with van der Waals surface area (Å²) in [6, 6.07) is 4.96. The molecule has 0 saturated heterocycles. The Kier molecular flexibility index (Phi) is 5.35. The predicted octanol–water partition coefficient (Wildman–Crippen LogP) is 3.53. The van der Waals surface area contributed by atoms with Crippen LogP contribution in [-0.4, -0.2) is 30.1 Å². The van der Waals surface area contributed by atoms with Crippen LogP contribution in [0.15, 0.2) is 27.4 Å². The van der Waals surface area contributed by atoms with Crippen LogP contribution in [0, 0.1) is 6.92 Å². The zero-order chi connectivity index (χ0) is 18.1. The molecule has 0 aliphatic heterocycles. The van der Waals surface area contributed by atoms with Gasteiger partial charge in [0.1, 0.15) is 11.2 Å². The Morgan fingerprint density at radius 1 is 1.29 bits per heavy atom. The molecule has 0 spiro atoms. The Bertz CT molecular complexity index is 820. The summed E-state index contributed by atoms with van der Waals surface area (Å²) in [5, 5.41) is 1.37. The lowest BCUT2D eigenvalue weighted by molar-refractivity contribution is -0.155. The van der Waals surface area contributed by atoms with Gasteiger partial charge in [0.05, 0.1) is 6.54 Å². The third kappa shape index (κ3) is 4.82. The Morgan fingerprint density at radius 2 is 1.96 bits per heavy atom. The van der Waals surface area contributed by atoms with Gasteiger partial charge in [-0.2, -0.15) is 0 Å². The van der Waals surface area contributed by atoms with E-state index < -0.39 is 11.2 Å². The number of rotatable bonds is 4. The monoisotopic (exact) mass is 351 g/mol. The van der Waals surface area contributed by atoms with Crippen molar-refractivity contribution in [3.63, 3.8) is 0 Å². The van der Waals surface area contributed by atoms with Gasteiger partial charge < -0.3 is 9.15 Å².